The quantitative estimate of drug-likeness (QED) is 0.674. The molecule has 3 rings (SSSR count). The summed E-state index contributed by atoms with van der Waals surface area (Å²) in [6.07, 6.45) is 0. The minimum atomic E-state index is -0.890. The molecule has 1 N–H and O–H groups in total. The van der Waals surface area contributed by atoms with E-state index in [0.29, 0.717) is 22.6 Å². The van der Waals surface area contributed by atoms with Crippen LogP contribution in [-0.2, 0) is 14.3 Å². The van der Waals surface area contributed by atoms with Gasteiger partial charge < -0.3 is 14.6 Å². The molecule has 2 aromatic carbocycles. The Morgan fingerprint density at radius 2 is 1.69 bits per heavy atom. The first-order valence-electron chi connectivity index (χ1n) is 10.3. The van der Waals surface area contributed by atoms with E-state index in [2.05, 4.69) is 0 Å². The molecule has 0 saturated heterocycles. The maximum absolute atomic E-state index is 13.3. The standard InChI is InChI=1S/C25H27NO6/c1-6-32-24(30)15-11-13-16(14-12-15)26-20(17-9-7-8-10-18(17)31-5)19(21(27)23(26)29)22(28)25(2,3)4/h7-14,20,27H,6H2,1-5H3. The van der Waals surface area contributed by atoms with E-state index in [0.717, 1.165) is 0 Å². The van der Waals surface area contributed by atoms with Crippen molar-refractivity contribution in [3.8, 4) is 5.75 Å². The van der Waals surface area contributed by atoms with Gasteiger partial charge in [-0.2, -0.15) is 0 Å². The van der Waals surface area contributed by atoms with Crippen LogP contribution < -0.4 is 9.64 Å². The third-order valence-electron chi connectivity index (χ3n) is 5.22. The van der Waals surface area contributed by atoms with Crippen LogP contribution in [-0.4, -0.2) is 36.5 Å². The van der Waals surface area contributed by atoms with Gasteiger partial charge in [0.1, 0.15) is 5.75 Å². The van der Waals surface area contributed by atoms with E-state index in [1.54, 1.807) is 76.2 Å². The van der Waals surface area contributed by atoms with Crippen LogP contribution in [0.5, 0.6) is 5.75 Å². The molecule has 1 heterocycles. The van der Waals surface area contributed by atoms with E-state index in [1.807, 2.05) is 0 Å². The third kappa shape index (κ3) is 4.10. The van der Waals surface area contributed by atoms with E-state index >= 15 is 0 Å². The molecule has 0 bridgehead atoms. The van der Waals surface area contributed by atoms with Crippen molar-refractivity contribution in [2.45, 2.75) is 33.7 Å². The number of methoxy groups -OCH3 is 1. The van der Waals surface area contributed by atoms with Crippen LogP contribution in [0.25, 0.3) is 0 Å². The number of para-hydroxylation sites is 1. The summed E-state index contributed by atoms with van der Waals surface area (Å²) < 4.78 is 10.5. The molecule has 1 aliphatic heterocycles. The first-order valence-corrected chi connectivity index (χ1v) is 10.3. The number of hydrogen-bond acceptors (Lipinski definition) is 6. The van der Waals surface area contributed by atoms with Crippen molar-refractivity contribution in [2.24, 2.45) is 5.41 Å². The number of ether oxygens (including phenoxy) is 2. The maximum Gasteiger partial charge on any atom is 0.338 e. The molecule has 1 amide bonds. The second-order valence-corrected chi connectivity index (χ2v) is 8.43. The fourth-order valence-corrected chi connectivity index (χ4v) is 3.67. The lowest BCUT2D eigenvalue weighted by atomic mass is 9.82. The fourth-order valence-electron chi connectivity index (χ4n) is 3.67. The Bertz CT molecular complexity index is 1080. The van der Waals surface area contributed by atoms with Crippen LogP contribution in [0, 0.1) is 5.41 Å². The lowest BCUT2D eigenvalue weighted by molar-refractivity contribution is -0.123. The van der Waals surface area contributed by atoms with Crippen molar-refractivity contribution < 1.29 is 29.0 Å². The monoisotopic (exact) mass is 437 g/mol. The molecule has 32 heavy (non-hydrogen) atoms. The molecule has 168 valence electrons. The van der Waals surface area contributed by atoms with Gasteiger partial charge in [-0.1, -0.05) is 39.0 Å². The highest BCUT2D eigenvalue weighted by Gasteiger charge is 2.47. The highest BCUT2D eigenvalue weighted by molar-refractivity contribution is 6.17. The van der Waals surface area contributed by atoms with Crippen molar-refractivity contribution in [3.63, 3.8) is 0 Å². The number of hydrogen-bond donors (Lipinski definition) is 1. The van der Waals surface area contributed by atoms with Gasteiger partial charge in [-0.05, 0) is 37.3 Å². The van der Waals surface area contributed by atoms with Crippen molar-refractivity contribution >= 4 is 23.3 Å². The molecule has 0 aliphatic carbocycles. The Kier molecular flexibility index (Phi) is 6.39. The van der Waals surface area contributed by atoms with Crippen molar-refractivity contribution in [2.75, 3.05) is 18.6 Å². The van der Waals surface area contributed by atoms with Crippen LogP contribution in [0.1, 0.15) is 49.7 Å². The van der Waals surface area contributed by atoms with Crippen molar-refractivity contribution in [1.29, 1.82) is 0 Å². The smallest absolute Gasteiger partial charge is 0.338 e. The zero-order chi connectivity index (χ0) is 23.6. The average Bonchev–Trinajstić information content (AvgIpc) is 3.03. The Balaban J connectivity index is 2.16. The van der Waals surface area contributed by atoms with Gasteiger partial charge in [0, 0.05) is 16.7 Å². The molecule has 1 atom stereocenters. The Hall–Kier alpha value is -3.61. The molecule has 1 unspecified atom stereocenters. The van der Waals surface area contributed by atoms with Gasteiger partial charge in [0.05, 0.1) is 30.9 Å². The minimum absolute atomic E-state index is 0.0152. The van der Waals surface area contributed by atoms with Gasteiger partial charge >= 0.3 is 5.97 Å². The SMILES string of the molecule is CCOC(=O)c1ccc(N2C(=O)C(O)=C(C(=O)C(C)(C)C)C2c2ccccc2OC)cc1. The fraction of sp³-hybridized carbons (Fsp3) is 0.320. The lowest BCUT2D eigenvalue weighted by Gasteiger charge is -2.29. The summed E-state index contributed by atoms with van der Waals surface area (Å²) >= 11 is 0. The number of amides is 1. The van der Waals surface area contributed by atoms with Crippen molar-refractivity contribution in [3.05, 3.63) is 71.0 Å². The van der Waals surface area contributed by atoms with E-state index in [-0.39, 0.29) is 18.0 Å². The number of nitrogens with zero attached hydrogens (tertiary/aromatic N) is 1. The molecule has 0 radical (unpaired) electrons. The first kappa shape index (κ1) is 23.1. The zero-order valence-corrected chi connectivity index (χ0v) is 18.8. The molecular formula is C25H27NO6. The second-order valence-electron chi connectivity index (χ2n) is 8.43. The summed E-state index contributed by atoms with van der Waals surface area (Å²) in [4.78, 5) is 39.8. The number of Topliss-reactive ketones (excluding diaryl/α,β-unsaturated/α-hetero) is 1. The lowest BCUT2D eigenvalue weighted by Crippen LogP contribution is -2.33. The minimum Gasteiger partial charge on any atom is -0.503 e. The van der Waals surface area contributed by atoms with Crippen molar-refractivity contribution in [1.82, 2.24) is 0 Å². The van der Waals surface area contributed by atoms with Gasteiger partial charge in [0.2, 0.25) is 0 Å². The van der Waals surface area contributed by atoms with Crippen LogP contribution in [0.3, 0.4) is 0 Å². The summed E-state index contributed by atoms with van der Waals surface area (Å²) in [6, 6.07) is 12.4. The van der Waals surface area contributed by atoms with E-state index in [4.69, 9.17) is 9.47 Å². The Labute approximate surface area is 187 Å². The zero-order valence-electron chi connectivity index (χ0n) is 18.8. The number of ketones is 1. The first-order chi connectivity index (χ1) is 15.1. The number of carbonyl (C=O) groups excluding carboxylic acids is 3. The van der Waals surface area contributed by atoms with Gasteiger partial charge in [0.15, 0.2) is 11.5 Å². The molecule has 0 fully saturated rings. The summed E-state index contributed by atoms with van der Waals surface area (Å²) in [7, 11) is 1.50. The highest BCUT2D eigenvalue weighted by atomic mass is 16.5. The summed E-state index contributed by atoms with van der Waals surface area (Å²) in [6.45, 7) is 7.16. The van der Waals surface area contributed by atoms with Crippen LogP contribution in [0.4, 0.5) is 5.69 Å². The second kappa shape index (κ2) is 8.86. The van der Waals surface area contributed by atoms with E-state index in [1.165, 1.54) is 12.0 Å². The molecule has 7 nitrogen and oxygen atoms in total. The topological polar surface area (TPSA) is 93.1 Å². The summed E-state index contributed by atoms with van der Waals surface area (Å²) in [5.41, 5.74) is 0.505. The molecular weight excluding hydrogens is 410 g/mol. The predicted molar refractivity (Wildman–Crippen MR) is 120 cm³/mol. The maximum atomic E-state index is 13.3. The van der Waals surface area contributed by atoms with E-state index < -0.39 is 29.1 Å². The van der Waals surface area contributed by atoms with Gasteiger partial charge in [-0.25, -0.2) is 4.79 Å². The predicted octanol–water partition coefficient (Wildman–Crippen LogP) is 4.39. The third-order valence-corrected chi connectivity index (χ3v) is 5.22. The number of esters is 1. The largest absolute Gasteiger partial charge is 0.503 e. The van der Waals surface area contributed by atoms with Crippen LogP contribution >= 0.6 is 0 Å². The Morgan fingerprint density at radius 1 is 1.06 bits per heavy atom. The van der Waals surface area contributed by atoms with Crippen LogP contribution in [0.2, 0.25) is 0 Å². The summed E-state index contributed by atoms with van der Waals surface area (Å²) in [5.74, 6) is -1.62. The molecule has 7 heteroatoms. The number of aliphatic hydroxyl groups excluding tert-OH is 1. The number of aliphatic hydroxyl groups is 1. The molecule has 0 saturated carbocycles. The van der Waals surface area contributed by atoms with Crippen LogP contribution in [0.15, 0.2) is 59.9 Å². The molecule has 1 aliphatic rings. The van der Waals surface area contributed by atoms with E-state index in [9.17, 15) is 19.5 Å². The molecule has 0 spiro atoms. The number of anilines is 1. The molecule has 2 aromatic rings. The average molecular weight is 437 g/mol. The Morgan fingerprint density at radius 3 is 2.25 bits per heavy atom. The molecule has 0 aromatic heterocycles. The van der Waals surface area contributed by atoms with Gasteiger partial charge in [-0.15, -0.1) is 0 Å². The van der Waals surface area contributed by atoms with Gasteiger partial charge in [-0.3, -0.25) is 14.5 Å². The number of benzene rings is 2. The normalized spacial score (nSPS) is 16.3. The highest BCUT2D eigenvalue weighted by Crippen LogP contribution is 2.45. The summed E-state index contributed by atoms with van der Waals surface area (Å²) in [5, 5.41) is 10.8. The number of carbonyl (C=O) groups is 3. The van der Waals surface area contributed by atoms with Gasteiger partial charge in [0.25, 0.3) is 5.91 Å². The number of rotatable bonds is 6.